The number of nitrogens with one attached hydrogen (secondary N) is 1. The van der Waals surface area contributed by atoms with Gasteiger partial charge >= 0.3 is 0 Å². The highest BCUT2D eigenvalue weighted by atomic mass is 35.5. The number of ether oxygens (including phenoxy) is 2. The van der Waals surface area contributed by atoms with Gasteiger partial charge in [0.15, 0.2) is 11.5 Å². The minimum atomic E-state index is -0.286. The van der Waals surface area contributed by atoms with E-state index in [1.807, 2.05) is 13.0 Å². The van der Waals surface area contributed by atoms with Crippen LogP contribution in [0.1, 0.15) is 22.8 Å². The van der Waals surface area contributed by atoms with Crippen molar-refractivity contribution in [1.82, 2.24) is 5.43 Å². The van der Waals surface area contributed by atoms with Gasteiger partial charge in [0, 0.05) is 5.56 Å². The van der Waals surface area contributed by atoms with Crippen molar-refractivity contribution in [2.24, 2.45) is 5.10 Å². The first kappa shape index (κ1) is 16.8. The zero-order chi connectivity index (χ0) is 16.7. The minimum Gasteiger partial charge on any atom is -0.493 e. The second-order valence-corrected chi connectivity index (χ2v) is 4.94. The Morgan fingerprint density at radius 3 is 2.70 bits per heavy atom. The summed E-state index contributed by atoms with van der Waals surface area (Å²) >= 11 is 6.18. The van der Waals surface area contributed by atoms with Crippen LogP contribution in [0.4, 0.5) is 0 Å². The van der Waals surface area contributed by atoms with Gasteiger partial charge < -0.3 is 9.47 Å². The lowest BCUT2D eigenvalue weighted by molar-refractivity contribution is 0.0955. The summed E-state index contributed by atoms with van der Waals surface area (Å²) in [4.78, 5) is 11.9. The van der Waals surface area contributed by atoms with Crippen LogP contribution >= 0.6 is 11.6 Å². The van der Waals surface area contributed by atoms with E-state index in [-0.39, 0.29) is 5.91 Å². The summed E-state index contributed by atoms with van der Waals surface area (Å²) < 4.78 is 10.7. The first-order chi connectivity index (χ1) is 11.2. The largest absolute Gasteiger partial charge is 0.493 e. The van der Waals surface area contributed by atoms with Crippen molar-refractivity contribution in [3.63, 3.8) is 0 Å². The average Bonchev–Trinajstić information content (AvgIpc) is 2.57. The Hall–Kier alpha value is -2.53. The fourth-order valence-electron chi connectivity index (χ4n) is 1.92. The number of carbonyl (C=O) groups excluding carboxylic acids is 1. The molecule has 0 atom stereocenters. The number of rotatable bonds is 6. The van der Waals surface area contributed by atoms with Gasteiger partial charge in [-0.05, 0) is 36.8 Å². The van der Waals surface area contributed by atoms with Crippen molar-refractivity contribution in [2.45, 2.75) is 6.92 Å². The van der Waals surface area contributed by atoms with Crippen molar-refractivity contribution < 1.29 is 14.3 Å². The normalized spacial score (nSPS) is 10.6. The van der Waals surface area contributed by atoms with E-state index in [4.69, 9.17) is 21.1 Å². The van der Waals surface area contributed by atoms with E-state index in [9.17, 15) is 4.79 Å². The minimum absolute atomic E-state index is 0.286. The lowest BCUT2D eigenvalue weighted by Crippen LogP contribution is -2.17. The average molecular weight is 333 g/mol. The van der Waals surface area contributed by atoms with E-state index in [0.717, 1.165) is 0 Å². The molecular formula is C17H17ClN2O3. The number of hydrogen-bond donors (Lipinski definition) is 1. The molecule has 120 valence electrons. The van der Waals surface area contributed by atoms with Gasteiger partial charge in [-0.25, -0.2) is 5.43 Å². The molecule has 0 aliphatic heterocycles. The van der Waals surface area contributed by atoms with E-state index >= 15 is 0 Å². The lowest BCUT2D eigenvalue weighted by atomic mass is 10.2. The Morgan fingerprint density at radius 1 is 1.30 bits per heavy atom. The maximum atomic E-state index is 11.9. The maximum Gasteiger partial charge on any atom is 0.271 e. The van der Waals surface area contributed by atoms with Crippen LogP contribution in [0.25, 0.3) is 0 Å². The Balaban J connectivity index is 2.11. The zero-order valence-corrected chi connectivity index (χ0v) is 13.6. The smallest absolute Gasteiger partial charge is 0.271 e. The topological polar surface area (TPSA) is 59.9 Å². The molecule has 0 unspecified atom stereocenters. The molecule has 2 aromatic rings. The molecule has 0 bridgehead atoms. The van der Waals surface area contributed by atoms with Crippen LogP contribution in [0.5, 0.6) is 11.5 Å². The van der Waals surface area contributed by atoms with E-state index in [2.05, 4.69) is 10.5 Å². The fraction of sp³-hybridized carbons (Fsp3) is 0.176. The molecule has 0 aromatic heterocycles. The van der Waals surface area contributed by atoms with Gasteiger partial charge in [0.2, 0.25) is 0 Å². The molecule has 5 nitrogen and oxygen atoms in total. The fourth-order valence-corrected chi connectivity index (χ4v) is 2.19. The number of halogens is 1. The molecular weight excluding hydrogens is 316 g/mol. The van der Waals surface area contributed by atoms with Gasteiger partial charge in [-0.15, -0.1) is 0 Å². The number of methoxy groups -OCH3 is 1. The molecule has 1 N–H and O–H groups in total. The highest BCUT2D eigenvalue weighted by Crippen LogP contribution is 2.35. The van der Waals surface area contributed by atoms with Crippen molar-refractivity contribution in [3.05, 3.63) is 58.6 Å². The third-order valence-corrected chi connectivity index (χ3v) is 3.24. The SMILES string of the molecule is CCOc1c(Cl)cc(/C=N/NC(=O)c2ccccc2)cc1OC. The number of benzene rings is 2. The van der Waals surface area contributed by atoms with E-state index in [0.29, 0.717) is 34.3 Å². The third kappa shape index (κ3) is 4.47. The van der Waals surface area contributed by atoms with Crippen LogP contribution < -0.4 is 14.9 Å². The molecule has 2 aromatic carbocycles. The number of nitrogens with zero attached hydrogens (tertiary/aromatic N) is 1. The molecule has 0 radical (unpaired) electrons. The number of hydrogen-bond acceptors (Lipinski definition) is 4. The summed E-state index contributed by atoms with van der Waals surface area (Å²) in [6, 6.07) is 12.3. The van der Waals surface area contributed by atoms with Gasteiger partial charge in [-0.3, -0.25) is 4.79 Å². The Bertz CT molecular complexity index is 702. The first-order valence-corrected chi connectivity index (χ1v) is 7.42. The van der Waals surface area contributed by atoms with Gasteiger partial charge in [-0.2, -0.15) is 5.10 Å². The molecule has 2 rings (SSSR count). The summed E-state index contributed by atoms with van der Waals surface area (Å²) in [5.41, 5.74) is 3.68. The van der Waals surface area contributed by atoms with Crippen LogP contribution in [-0.2, 0) is 0 Å². The second-order valence-electron chi connectivity index (χ2n) is 4.53. The Morgan fingerprint density at radius 2 is 2.04 bits per heavy atom. The summed E-state index contributed by atoms with van der Waals surface area (Å²) in [5, 5.41) is 4.35. The quantitative estimate of drug-likeness (QED) is 0.650. The van der Waals surface area contributed by atoms with Gasteiger partial charge in [0.25, 0.3) is 5.91 Å². The first-order valence-electron chi connectivity index (χ1n) is 7.04. The maximum absolute atomic E-state index is 11.9. The Kier molecular flexibility index (Phi) is 6.00. The van der Waals surface area contributed by atoms with Crippen molar-refractivity contribution >= 4 is 23.7 Å². The molecule has 0 saturated heterocycles. The van der Waals surface area contributed by atoms with Crippen LogP contribution in [0.15, 0.2) is 47.6 Å². The van der Waals surface area contributed by atoms with Crippen molar-refractivity contribution in [3.8, 4) is 11.5 Å². The molecule has 0 saturated carbocycles. The predicted octanol–water partition coefficient (Wildman–Crippen LogP) is 3.51. The summed E-state index contributed by atoms with van der Waals surface area (Å²) in [6.07, 6.45) is 1.49. The summed E-state index contributed by atoms with van der Waals surface area (Å²) in [7, 11) is 1.53. The zero-order valence-electron chi connectivity index (χ0n) is 12.9. The van der Waals surface area contributed by atoms with Crippen LogP contribution in [0.2, 0.25) is 5.02 Å². The van der Waals surface area contributed by atoms with E-state index in [1.165, 1.54) is 13.3 Å². The molecule has 0 heterocycles. The van der Waals surface area contributed by atoms with Crippen LogP contribution in [-0.4, -0.2) is 25.8 Å². The summed E-state index contributed by atoms with van der Waals surface area (Å²) in [6.45, 7) is 2.35. The number of hydrazone groups is 1. The van der Waals surface area contributed by atoms with Gasteiger partial charge in [0.05, 0.1) is 25.0 Å². The van der Waals surface area contributed by atoms with Crippen molar-refractivity contribution in [1.29, 1.82) is 0 Å². The van der Waals surface area contributed by atoms with E-state index < -0.39 is 0 Å². The summed E-state index contributed by atoms with van der Waals surface area (Å²) in [5.74, 6) is 0.711. The van der Waals surface area contributed by atoms with Gasteiger partial charge in [0.1, 0.15) is 0 Å². The predicted molar refractivity (Wildman–Crippen MR) is 90.7 cm³/mol. The molecule has 23 heavy (non-hydrogen) atoms. The number of amides is 1. The van der Waals surface area contributed by atoms with Crippen molar-refractivity contribution in [2.75, 3.05) is 13.7 Å². The molecule has 0 spiro atoms. The molecule has 0 aliphatic rings. The highest BCUT2D eigenvalue weighted by Gasteiger charge is 2.11. The van der Waals surface area contributed by atoms with Gasteiger partial charge in [-0.1, -0.05) is 29.8 Å². The third-order valence-electron chi connectivity index (χ3n) is 2.96. The van der Waals surface area contributed by atoms with Crippen LogP contribution in [0, 0.1) is 0 Å². The molecule has 0 aliphatic carbocycles. The standard InChI is InChI=1S/C17H17ClN2O3/c1-3-23-16-14(18)9-12(10-15(16)22-2)11-19-20-17(21)13-7-5-4-6-8-13/h4-11H,3H2,1-2H3,(H,20,21)/b19-11+. The molecule has 1 amide bonds. The van der Waals surface area contributed by atoms with Crippen LogP contribution in [0.3, 0.4) is 0 Å². The Labute approximate surface area is 139 Å². The molecule has 0 fully saturated rings. The van der Waals surface area contributed by atoms with E-state index in [1.54, 1.807) is 36.4 Å². The lowest BCUT2D eigenvalue weighted by Gasteiger charge is -2.11. The second kappa shape index (κ2) is 8.19. The monoisotopic (exact) mass is 332 g/mol. The number of carbonyl (C=O) groups is 1. The molecule has 6 heteroatoms. The highest BCUT2D eigenvalue weighted by molar-refractivity contribution is 6.32.